The first-order valence-electron chi connectivity index (χ1n) is 10.0. The first-order chi connectivity index (χ1) is 14.5. The lowest BCUT2D eigenvalue weighted by Gasteiger charge is -2.19. The Kier molecular flexibility index (Phi) is 7.73. The second-order valence-electron chi connectivity index (χ2n) is 7.32. The van der Waals surface area contributed by atoms with Crippen molar-refractivity contribution in [3.63, 3.8) is 0 Å². The number of carbonyl (C=O) groups is 1. The highest BCUT2D eigenvalue weighted by atomic mass is 19.1. The number of methoxy groups -OCH3 is 1. The normalized spacial score (nSPS) is 16.8. The second-order valence-corrected chi connectivity index (χ2v) is 7.32. The molecule has 0 spiro atoms. The number of aliphatic hydroxyl groups is 1. The minimum atomic E-state index is -0.894. The summed E-state index contributed by atoms with van der Waals surface area (Å²) >= 11 is 0. The monoisotopic (exact) mass is 417 g/mol. The van der Waals surface area contributed by atoms with E-state index in [1.54, 1.807) is 13.2 Å². The summed E-state index contributed by atoms with van der Waals surface area (Å²) in [6.45, 7) is 2.35. The number of anilines is 1. The lowest BCUT2D eigenvalue weighted by Crippen LogP contribution is -2.43. The van der Waals surface area contributed by atoms with Gasteiger partial charge in [0.15, 0.2) is 0 Å². The average molecular weight is 417 g/mol. The van der Waals surface area contributed by atoms with E-state index < -0.39 is 11.9 Å². The highest BCUT2D eigenvalue weighted by molar-refractivity contribution is 5.73. The van der Waals surface area contributed by atoms with Crippen LogP contribution in [0.4, 0.5) is 14.9 Å². The third-order valence-electron chi connectivity index (χ3n) is 4.99. The number of hydrogen-bond acceptors (Lipinski definition) is 5. The number of nitrogens with one attached hydrogen (secondary N) is 2. The van der Waals surface area contributed by atoms with Gasteiger partial charge in [-0.05, 0) is 36.6 Å². The lowest BCUT2D eigenvalue weighted by atomic mass is 10.1. The number of aliphatic hydroxyl groups excluding tert-OH is 1. The second kappa shape index (κ2) is 10.7. The zero-order valence-corrected chi connectivity index (χ0v) is 17.0. The molecule has 1 heterocycles. The number of nitrogens with zero attached hydrogens (tertiary/aromatic N) is 1. The number of urea groups is 1. The smallest absolute Gasteiger partial charge is 0.314 e. The van der Waals surface area contributed by atoms with Crippen molar-refractivity contribution >= 4 is 11.7 Å². The maximum Gasteiger partial charge on any atom is 0.314 e. The molecule has 2 amide bonds. The van der Waals surface area contributed by atoms with Crippen LogP contribution in [0.25, 0.3) is 0 Å². The summed E-state index contributed by atoms with van der Waals surface area (Å²) in [4.78, 5) is 14.3. The van der Waals surface area contributed by atoms with Crippen LogP contribution >= 0.6 is 0 Å². The fourth-order valence-corrected chi connectivity index (χ4v) is 3.36. The molecule has 1 aliphatic heterocycles. The molecule has 1 fully saturated rings. The number of halogens is 1. The zero-order valence-electron chi connectivity index (χ0n) is 17.0. The molecule has 0 saturated carbocycles. The van der Waals surface area contributed by atoms with Crippen molar-refractivity contribution in [1.29, 1.82) is 0 Å². The third kappa shape index (κ3) is 6.52. The van der Waals surface area contributed by atoms with E-state index >= 15 is 0 Å². The summed E-state index contributed by atoms with van der Waals surface area (Å²) in [5.74, 6) is 1.10. The van der Waals surface area contributed by atoms with Gasteiger partial charge in [0.05, 0.1) is 7.11 Å². The number of hydrogen-bond donors (Lipinski definition) is 3. The number of benzene rings is 2. The van der Waals surface area contributed by atoms with Crippen LogP contribution in [0.5, 0.6) is 11.5 Å². The topological polar surface area (TPSA) is 83.1 Å². The predicted octanol–water partition coefficient (Wildman–Crippen LogP) is 2.40. The lowest BCUT2D eigenvalue weighted by molar-refractivity contribution is 0.107. The summed E-state index contributed by atoms with van der Waals surface area (Å²) in [5.41, 5.74) is 1.11. The molecule has 0 bridgehead atoms. The quantitative estimate of drug-likeness (QED) is 0.584. The van der Waals surface area contributed by atoms with E-state index in [2.05, 4.69) is 21.6 Å². The standard InChI is InChI=1S/C22H28FN3O4/c1-29-20-6-3-5-18(11-20)26-9-8-16(14-26)12-24-22(28)25-13-19(27)15-30-21-7-2-4-17(23)10-21/h2-7,10-11,16,19,27H,8-9,12-15H2,1H3,(H2,24,25,28). The fourth-order valence-electron chi connectivity index (χ4n) is 3.36. The van der Waals surface area contributed by atoms with Crippen molar-refractivity contribution in [2.45, 2.75) is 12.5 Å². The van der Waals surface area contributed by atoms with Crippen molar-refractivity contribution < 1.29 is 23.8 Å². The minimum absolute atomic E-state index is 0.0398. The van der Waals surface area contributed by atoms with Gasteiger partial charge in [-0.25, -0.2) is 9.18 Å². The van der Waals surface area contributed by atoms with E-state index in [0.29, 0.717) is 18.2 Å². The molecule has 2 aromatic rings. The summed E-state index contributed by atoms with van der Waals surface area (Å²) in [5, 5.41) is 15.4. The van der Waals surface area contributed by atoms with Crippen LogP contribution < -0.4 is 25.0 Å². The Morgan fingerprint density at radius 2 is 2.03 bits per heavy atom. The fraction of sp³-hybridized carbons (Fsp3) is 0.409. The van der Waals surface area contributed by atoms with Gasteiger partial charge in [-0.2, -0.15) is 0 Å². The van der Waals surface area contributed by atoms with E-state index in [9.17, 15) is 14.3 Å². The third-order valence-corrected chi connectivity index (χ3v) is 4.99. The van der Waals surface area contributed by atoms with Gasteiger partial charge in [-0.1, -0.05) is 12.1 Å². The van der Waals surface area contributed by atoms with Crippen LogP contribution in [0.15, 0.2) is 48.5 Å². The first-order valence-corrected chi connectivity index (χ1v) is 10.0. The van der Waals surface area contributed by atoms with Crippen LogP contribution in [-0.2, 0) is 0 Å². The highest BCUT2D eigenvalue weighted by Crippen LogP contribution is 2.26. The van der Waals surface area contributed by atoms with Crippen molar-refractivity contribution in [1.82, 2.24) is 10.6 Å². The highest BCUT2D eigenvalue weighted by Gasteiger charge is 2.23. The van der Waals surface area contributed by atoms with Gasteiger partial charge in [0.2, 0.25) is 0 Å². The molecule has 1 aliphatic rings. The number of amides is 2. The van der Waals surface area contributed by atoms with Crippen LogP contribution in [0, 0.1) is 11.7 Å². The maximum atomic E-state index is 13.1. The molecule has 8 heteroatoms. The minimum Gasteiger partial charge on any atom is -0.497 e. The molecule has 1 saturated heterocycles. The molecule has 2 atom stereocenters. The van der Waals surface area contributed by atoms with E-state index in [1.807, 2.05) is 18.2 Å². The molecule has 7 nitrogen and oxygen atoms in total. The molecule has 2 unspecified atom stereocenters. The van der Waals surface area contributed by atoms with Gasteiger partial charge in [0.1, 0.15) is 30.0 Å². The van der Waals surface area contributed by atoms with Crippen molar-refractivity contribution in [2.24, 2.45) is 5.92 Å². The van der Waals surface area contributed by atoms with Crippen molar-refractivity contribution in [3.8, 4) is 11.5 Å². The number of rotatable bonds is 9. The molecule has 3 rings (SSSR count). The average Bonchev–Trinajstić information content (AvgIpc) is 3.24. The van der Waals surface area contributed by atoms with Gasteiger partial charge in [-0.3, -0.25) is 0 Å². The number of carbonyl (C=O) groups excluding carboxylic acids is 1. The largest absolute Gasteiger partial charge is 0.497 e. The Balaban J connectivity index is 1.32. The van der Waals surface area contributed by atoms with Gasteiger partial charge in [0, 0.05) is 44.0 Å². The summed E-state index contributed by atoms with van der Waals surface area (Å²) in [7, 11) is 1.65. The predicted molar refractivity (Wildman–Crippen MR) is 113 cm³/mol. The van der Waals surface area contributed by atoms with E-state index in [-0.39, 0.29) is 19.2 Å². The summed E-state index contributed by atoms with van der Waals surface area (Å²) in [6.07, 6.45) is 0.0933. The van der Waals surface area contributed by atoms with Crippen LogP contribution in [0.2, 0.25) is 0 Å². The van der Waals surface area contributed by atoms with E-state index in [4.69, 9.17) is 9.47 Å². The molecule has 30 heavy (non-hydrogen) atoms. The maximum absolute atomic E-state index is 13.1. The molecular weight excluding hydrogens is 389 g/mol. The molecule has 3 N–H and O–H groups in total. The van der Waals surface area contributed by atoms with Gasteiger partial charge >= 0.3 is 6.03 Å². The van der Waals surface area contributed by atoms with Gasteiger partial charge in [-0.15, -0.1) is 0 Å². The zero-order chi connectivity index (χ0) is 21.3. The van der Waals surface area contributed by atoms with E-state index in [1.165, 1.54) is 18.2 Å². The molecule has 0 radical (unpaired) electrons. The Morgan fingerprint density at radius 3 is 2.83 bits per heavy atom. The molecule has 2 aromatic carbocycles. The molecule has 162 valence electrons. The summed E-state index contributed by atoms with van der Waals surface area (Å²) in [6, 6.07) is 13.3. The summed E-state index contributed by atoms with van der Waals surface area (Å²) < 4.78 is 23.7. The van der Waals surface area contributed by atoms with Crippen LogP contribution in [0.1, 0.15) is 6.42 Å². The van der Waals surface area contributed by atoms with Gasteiger partial charge in [0.25, 0.3) is 0 Å². The molecular formula is C22H28FN3O4. The Bertz CT molecular complexity index is 836. The van der Waals surface area contributed by atoms with Crippen LogP contribution in [-0.4, -0.2) is 57.1 Å². The first kappa shape index (κ1) is 21.7. The Morgan fingerprint density at radius 1 is 1.23 bits per heavy atom. The van der Waals surface area contributed by atoms with Crippen molar-refractivity contribution in [3.05, 3.63) is 54.3 Å². The number of ether oxygens (including phenoxy) is 2. The molecule has 0 aliphatic carbocycles. The Hall–Kier alpha value is -3.00. The van der Waals surface area contributed by atoms with Crippen molar-refractivity contribution in [2.75, 3.05) is 44.8 Å². The SMILES string of the molecule is COc1cccc(N2CCC(CNC(=O)NCC(O)COc3cccc(F)c3)C2)c1. The Labute approximate surface area is 175 Å². The molecule has 0 aromatic heterocycles. The van der Waals surface area contributed by atoms with Gasteiger partial charge < -0.3 is 30.1 Å². The van der Waals surface area contributed by atoms with Crippen LogP contribution in [0.3, 0.4) is 0 Å². The van der Waals surface area contributed by atoms with E-state index in [0.717, 1.165) is 30.9 Å².